The standard InChI is InChI=1S/C9H13NO/c10-9(11)7-3-6-8-4-1-2-5-8/h1-2,4H,3,5-7H2,(H2,10,11). The first-order valence-corrected chi connectivity index (χ1v) is 3.92. The normalized spacial score (nSPS) is 15.1. The second kappa shape index (κ2) is 3.96. The van der Waals surface area contributed by atoms with Crippen molar-refractivity contribution in [2.75, 3.05) is 0 Å². The molecule has 0 aromatic carbocycles. The summed E-state index contributed by atoms with van der Waals surface area (Å²) in [5.41, 5.74) is 6.41. The van der Waals surface area contributed by atoms with Crippen molar-refractivity contribution in [3.8, 4) is 0 Å². The van der Waals surface area contributed by atoms with Crippen molar-refractivity contribution in [1.82, 2.24) is 0 Å². The zero-order chi connectivity index (χ0) is 8.10. The van der Waals surface area contributed by atoms with Gasteiger partial charge in [-0.05, 0) is 19.3 Å². The highest BCUT2D eigenvalue weighted by molar-refractivity contribution is 5.73. The van der Waals surface area contributed by atoms with Gasteiger partial charge in [0.1, 0.15) is 0 Å². The molecular weight excluding hydrogens is 138 g/mol. The van der Waals surface area contributed by atoms with Gasteiger partial charge in [0.15, 0.2) is 0 Å². The Labute approximate surface area is 66.8 Å². The zero-order valence-corrected chi connectivity index (χ0v) is 6.55. The first-order chi connectivity index (χ1) is 5.29. The van der Waals surface area contributed by atoms with E-state index < -0.39 is 0 Å². The van der Waals surface area contributed by atoms with Gasteiger partial charge in [0.05, 0.1) is 0 Å². The van der Waals surface area contributed by atoms with E-state index in [1.165, 1.54) is 5.57 Å². The van der Waals surface area contributed by atoms with Crippen LogP contribution in [-0.2, 0) is 4.79 Å². The first-order valence-electron chi connectivity index (χ1n) is 3.92. The minimum atomic E-state index is -0.198. The van der Waals surface area contributed by atoms with E-state index in [0.29, 0.717) is 6.42 Å². The van der Waals surface area contributed by atoms with Crippen LogP contribution in [0.4, 0.5) is 0 Å². The Kier molecular flexibility index (Phi) is 2.90. The number of carbonyl (C=O) groups excluding carboxylic acids is 1. The number of carbonyl (C=O) groups is 1. The largest absolute Gasteiger partial charge is 0.370 e. The maximum atomic E-state index is 10.4. The molecule has 1 aliphatic rings. The summed E-state index contributed by atoms with van der Waals surface area (Å²) < 4.78 is 0. The van der Waals surface area contributed by atoms with Gasteiger partial charge in [-0.1, -0.05) is 23.8 Å². The number of rotatable bonds is 4. The molecule has 11 heavy (non-hydrogen) atoms. The van der Waals surface area contributed by atoms with Gasteiger partial charge >= 0.3 is 0 Å². The maximum Gasteiger partial charge on any atom is 0.217 e. The van der Waals surface area contributed by atoms with E-state index in [-0.39, 0.29) is 5.91 Å². The van der Waals surface area contributed by atoms with Crippen molar-refractivity contribution in [3.63, 3.8) is 0 Å². The quantitative estimate of drug-likeness (QED) is 0.650. The predicted molar refractivity (Wildman–Crippen MR) is 44.9 cm³/mol. The molecule has 2 N–H and O–H groups in total. The lowest BCUT2D eigenvalue weighted by atomic mass is 10.1. The van der Waals surface area contributed by atoms with Gasteiger partial charge in [-0.15, -0.1) is 0 Å². The van der Waals surface area contributed by atoms with E-state index in [9.17, 15) is 4.79 Å². The topological polar surface area (TPSA) is 43.1 Å². The minimum absolute atomic E-state index is 0.198. The maximum absolute atomic E-state index is 10.4. The van der Waals surface area contributed by atoms with E-state index in [2.05, 4.69) is 18.2 Å². The molecular formula is C9H13NO. The van der Waals surface area contributed by atoms with Gasteiger partial charge in [-0.2, -0.15) is 0 Å². The van der Waals surface area contributed by atoms with E-state index in [1.54, 1.807) is 0 Å². The third kappa shape index (κ3) is 3.03. The number of hydrogen-bond donors (Lipinski definition) is 1. The lowest BCUT2D eigenvalue weighted by molar-refractivity contribution is -0.118. The number of hydrogen-bond acceptors (Lipinski definition) is 1. The van der Waals surface area contributed by atoms with Crippen molar-refractivity contribution < 1.29 is 4.79 Å². The van der Waals surface area contributed by atoms with Crippen LogP contribution < -0.4 is 5.73 Å². The van der Waals surface area contributed by atoms with Crippen LogP contribution in [0.25, 0.3) is 0 Å². The lowest BCUT2D eigenvalue weighted by Crippen LogP contribution is -2.09. The fourth-order valence-electron chi connectivity index (χ4n) is 1.17. The van der Waals surface area contributed by atoms with Gasteiger partial charge in [0.25, 0.3) is 0 Å². The first kappa shape index (κ1) is 8.05. The summed E-state index contributed by atoms with van der Waals surface area (Å²) in [7, 11) is 0. The Hall–Kier alpha value is -1.05. The zero-order valence-electron chi connectivity index (χ0n) is 6.55. The second-order valence-corrected chi connectivity index (χ2v) is 2.78. The Balaban J connectivity index is 2.09. The minimum Gasteiger partial charge on any atom is -0.370 e. The molecule has 0 saturated heterocycles. The third-order valence-electron chi connectivity index (χ3n) is 1.77. The summed E-state index contributed by atoms with van der Waals surface area (Å²) in [6.45, 7) is 0. The predicted octanol–water partition coefficient (Wildman–Crippen LogP) is 1.53. The molecule has 0 radical (unpaired) electrons. The van der Waals surface area contributed by atoms with Crippen LogP contribution in [0, 0.1) is 0 Å². The van der Waals surface area contributed by atoms with Gasteiger partial charge in [-0.25, -0.2) is 0 Å². The molecule has 0 aromatic heterocycles. The van der Waals surface area contributed by atoms with Crippen molar-refractivity contribution in [3.05, 3.63) is 23.8 Å². The van der Waals surface area contributed by atoms with E-state index >= 15 is 0 Å². The fraction of sp³-hybridized carbons (Fsp3) is 0.444. The van der Waals surface area contributed by atoms with Crippen LogP contribution in [0.1, 0.15) is 25.7 Å². The Morgan fingerprint density at radius 2 is 2.45 bits per heavy atom. The van der Waals surface area contributed by atoms with Crippen LogP contribution in [0.5, 0.6) is 0 Å². The molecule has 1 aliphatic carbocycles. The van der Waals surface area contributed by atoms with Gasteiger partial charge in [-0.3, -0.25) is 4.79 Å². The molecule has 0 bridgehead atoms. The summed E-state index contributed by atoms with van der Waals surface area (Å²) in [5.74, 6) is -0.198. The number of allylic oxidation sites excluding steroid dienone is 4. The third-order valence-corrected chi connectivity index (χ3v) is 1.77. The van der Waals surface area contributed by atoms with Crippen LogP contribution in [-0.4, -0.2) is 5.91 Å². The van der Waals surface area contributed by atoms with Crippen molar-refractivity contribution >= 4 is 5.91 Å². The van der Waals surface area contributed by atoms with Crippen molar-refractivity contribution in [1.29, 1.82) is 0 Å². The number of primary amides is 1. The highest BCUT2D eigenvalue weighted by Gasteiger charge is 2.00. The van der Waals surface area contributed by atoms with E-state index in [0.717, 1.165) is 19.3 Å². The van der Waals surface area contributed by atoms with Crippen LogP contribution in [0.15, 0.2) is 23.8 Å². The lowest BCUT2D eigenvalue weighted by Gasteiger charge is -1.98. The molecule has 0 spiro atoms. The van der Waals surface area contributed by atoms with Gasteiger partial charge in [0.2, 0.25) is 5.91 Å². The molecule has 60 valence electrons. The van der Waals surface area contributed by atoms with Crippen molar-refractivity contribution in [2.45, 2.75) is 25.7 Å². The molecule has 0 saturated carbocycles. The number of amides is 1. The fourth-order valence-corrected chi connectivity index (χ4v) is 1.17. The Bertz CT molecular complexity index is 204. The molecule has 0 aliphatic heterocycles. The van der Waals surface area contributed by atoms with Gasteiger partial charge in [0, 0.05) is 6.42 Å². The molecule has 0 unspecified atom stereocenters. The van der Waals surface area contributed by atoms with Crippen LogP contribution in [0.3, 0.4) is 0 Å². The molecule has 0 heterocycles. The van der Waals surface area contributed by atoms with E-state index in [4.69, 9.17) is 5.73 Å². The summed E-state index contributed by atoms with van der Waals surface area (Å²) >= 11 is 0. The monoisotopic (exact) mass is 151 g/mol. The smallest absolute Gasteiger partial charge is 0.217 e. The van der Waals surface area contributed by atoms with Crippen LogP contribution >= 0.6 is 0 Å². The molecule has 1 amide bonds. The molecule has 0 fully saturated rings. The average molecular weight is 151 g/mol. The summed E-state index contributed by atoms with van der Waals surface area (Å²) in [6.07, 6.45) is 9.76. The number of nitrogens with two attached hydrogens (primary N) is 1. The Morgan fingerprint density at radius 1 is 1.64 bits per heavy atom. The molecule has 0 aromatic rings. The average Bonchev–Trinajstić information content (AvgIpc) is 2.39. The highest BCUT2D eigenvalue weighted by atomic mass is 16.1. The highest BCUT2D eigenvalue weighted by Crippen LogP contribution is 2.16. The van der Waals surface area contributed by atoms with E-state index in [1.807, 2.05) is 0 Å². The summed E-state index contributed by atoms with van der Waals surface area (Å²) in [6, 6.07) is 0. The van der Waals surface area contributed by atoms with Crippen LogP contribution in [0.2, 0.25) is 0 Å². The SMILES string of the molecule is NC(=O)CCCC1=CC=CC1. The molecule has 1 rings (SSSR count). The second-order valence-electron chi connectivity index (χ2n) is 2.78. The Morgan fingerprint density at radius 3 is 3.00 bits per heavy atom. The summed E-state index contributed by atoms with van der Waals surface area (Å²) in [5, 5.41) is 0. The molecule has 2 heteroatoms. The molecule has 0 atom stereocenters. The van der Waals surface area contributed by atoms with Gasteiger partial charge < -0.3 is 5.73 Å². The molecule has 2 nitrogen and oxygen atoms in total. The summed E-state index contributed by atoms with van der Waals surface area (Å²) in [4.78, 5) is 10.4. The van der Waals surface area contributed by atoms with Crippen molar-refractivity contribution in [2.24, 2.45) is 5.73 Å².